The molecule has 1 aliphatic heterocycles. The smallest absolute Gasteiger partial charge is 0.269 e. The summed E-state index contributed by atoms with van der Waals surface area (Å²) >= 11 is 0. The zero-order valence-electron chi connectivity index (χ0n) is 16.8. The minimum atomic E-state index is -2.00. The molecule has 156 valence electrons. The molecular formula is C24H20N2O5. The predicted octanol–water partition coefficient (Wildman–Crippen LogP) is 3.91. The van der Waals surface area contributed by atoms with Gasteiger partial charge in [0.15, 0.2) is 11.4 Å². The molecule has 3 aromatic carbocycles. The van der Waals surface area contributed by atoms with Crippen molar-refractivity contribution in [2.45, 2.75) is 25.5 Å². The number of amides is 1. The van der Waals surface area contributed by atoms with Crippen molar-refractivity contribution in [3.05, 3.63) is 105 Å². The van der Waals surface area contributed by atoms with Gasteiger partial charge in [0, 0.05) is 23.3 Å². The van der Waals surface area contributed by atoms with Crippen LogP contribution in [0.3, 0.4) is 0 Å². The first-order valence-corrected chi connectivity index (χ1v) is 9.76. The second-order valence-corrected chi connectivity index (χ2v) is 7.66. The molecule has 1 amide bonds. The van der Waals surface area contributed by atoms with Crippen molar-refractivity contribution < 1.29 is 19.6 Å². The fourth-order valence-electron chi connectivity index (χ4n) is 3.93. The summed E-state index contributed by atoms with van der Waals surface area (Å²) in [7, 11) is 0. The molecule has 1 unspecified atom stereocenters. The summed E-state index contributed by atoms with van der Waals surface area (Å²) in [5.41, 5.74) is 0.966. The third kappa shape index (κ3) is 3.71. The zero-order valence-corrected chi connectivity index (χ0v) is 16.8. The summed E-state index contributed by atoms with van der Waals surface area (Å²) < 4.78 is 0. The van der Waals surface area contributed by atoms with Crippen LogP contribution in [0, 0.1) is 17.0 Å². The number of anilines is 1. The number of aryl methyl sites for hydroxylation is 1. The van der Waals surface area contributed by atoms with Gasteiger partial charge in [0.2, 0.25) is 0 Å². The minimum Gasteiger partial charge on any atom is -0.375 e. The fourth-order valence-corrected chi connectivity index (χ4v) is 3.93. The summed E-state index contributed by atoms with van der Waals surface area (Å²) in [6, 6.07) is 19.7. The summed E-state index contributed by atoms with van der Waals surface area (Å²) in [5.74, 6) is -1.04. The minimum absolute atomic E-state index is 0.137. The van der Waals surface area contributed by atoms with E-state index in [1.807, 2.05) is 31.2 Å². The van der Waals surface area contributed by atoms with Crippen LogP contribution >= 0.6 is 0 Å². The fraction of sp³-hybridized carbons (Fsp3) is 0.167. The molecule has 1 N–H and O–H groups in total. The summed E-state index contributed by atoms with van der Waals surface area (Å²) in [4.78, 5) is 37.9. The lowest BCUT2D eigenvalue weighted by atomic mass is 9.88. The van der Waals surface area contributed by atoms with Gasteiger partial charge in [-0.1, -0.05) is 48.0 Å². The molecule has 0 saturated carbocycles. The van der Waals surface area contributed by atoms with E-state index in [0.29, 0.717) is 11.3 Å². The van der Waals surface area contributed by atoms with E-state index in [1.165, 1.54) is 29.2 Å². The number of non-ortho nitro benzene ring substituents is 1. The number of benzene rings is 3. The van der Waals surface area contributed by atoms with Gasteiger partial charge in [0.1, 0.15) is 0 Å². The van der Waals surface area contributed by atoms with Crippen molar-refractivity contribution in [2.75, 3.05) is 4.90 Å². The Hall–Kier alpha value is -3.84. The van der Waals surface area contributed by atoms with Crippen LogP contribution in [0.2, 0.25) is 0 Å². The van der Waals surface area contributed by atoms with Gasteiger partial charge in [-0.25, -0.2) is 0 Å². The third-order valence-corrected chi connectivity index (χ3v) is 5.48. The van der Waals surface area contributed by atoms with Crippen LogP contribution in [0.5, 0.6) is 0 Å². The second kappa shape index (κ2) is 7.77. The largest absolute Gasteiger partial charge is 0.375 e. The van der Waals surface area contributed by atoms with Gasteiger partial charge in [-0.15, -0.1) is 0 Å². The maximum Gasteiger partial charge on any atom is 0.269 e. The molecule has 31 heavy (non-hydrogen) atoms. The summed E-state index contributed by atoms with van der Waals surface area (Å²) in [6.07, 6.45) is -0.453. The van der Waals surface area contributed by atoms with Crippen LogP contribution in [0.25, 0.3) is 0 Å². The number of nitro benzene ring substituents is 1. The van der Waals surface area contributed by atoms with Crippen molar-refractivity contribution in [3.63, 3.8) is 0 Å². The van der Waals surface area contributed by atoms with Crippen molar-refractivity contribution in [1.82, 2.24) is 0 Å². The second-order valence-electron chi connectivity index (χ2n) is 7.66. The van der Waals surface area contributed by atoms with E-state index in [1.54, 1.807) is 24.3 Å². The monoisotopic (exact) mass is 416 g/mol. The molecule has 0 aliphatic carbocycles. The Morgan fingerprint density at radius 1 is 1.06 bits per heavy atom. The van der Waals surface area contributed by atoms with E-state index in [2.05, 4.69) is 0 Å². The van der Waals surface area contributed by atoms with Crippen molar-refractivity contribution in [2.24, 2.45) is 0 Å². The highest BCUT2D eigenvalue weighted by atomic mass is 16.6. The molecule has 3 aromatic rings. The Morgan fingerprint density at radius 3 is 2.45 bits per heavy atom. The normalized spacial score (nSPS) is 17.5. The molecular weight excluding hydrogens is 396 g/mol. The molecule has 7 nitrogen and oxygen atoms in total. The average molecular weight is 416 g/mol. The third-order valence-electron chi connectivity index (χ3n) is 5.48. The lowest BCUT2D eigenvalue weighted by molar-refractivity contribution is -0.384. The van der Waals surface area contributed by atoms with Crippen molar-refractivity contribution >= 4 is 23.1 Å². The Balaban J connectivity index is 1.64. The highest BCUT2D eigenvalue weighted by Gasteiger charge is 2.50. The van der Waals surface area contributed by atoms with E-state index in [0.717, 1.165) is 11.1 Å². The molecule has 4 rings (SSSR count). The van der Waals surface area contributed by atoms with Crippen LogP contribution in [0.4, 0.5) is 11.4 Å². The van der Waals surface area contributed by atoms with E-state index >= 15 is 0 Å². The number of fused-ring (bicyclic) bond motifs is 1. The first kappa shape index (κ1) is 20.4. The Bertz CT molecular complexity index is 1190. The molecule has 0 radical (unpaired) electrons. The van der Waals surface area contributed by atoms with Gasteiger partial charge in [-0.2, -0.15) is 0 Å². The van der Waals surface area contributed by atoms with Gasteiger partial charge in [-0.3, -0.25) is 19.7 Å². The lowest BCUT2D eigenvalue weighted by Gasteiger charge is -2.23. The number of para-hydroxylation sites is 1. The van der Waals surface area contributed by atoms with Gasteiger partial charge >= 0.3 is 0 Å². The first-order chi connectivity index (χ1) is 14.8. The molecule has 7 heteroatoms. The lowest BCUT2D eigenvalue weighted by Crippen LogP contribution is -2.41. The molecule has 0 bridgehead atoms. The predicted molar refractivity (Wildman–Crippen MR) is 115 cm³/mol. The standard InChI is InChI=1S/C24H20N2O5/c1-16-5-4-6-17(13-16)15-25-21-8-3-2-7-20(21)24(29,23(25)28)14-22(27)18-9-11-19(12-10-18)26(30)31/h2-13,29H,14-15H2,1H3. The Labute approximate surface area is 178 Å². The number of rotatable bonds is 6. The Kier molecular flexibility index (Phi) is 5.12. The van der Waals surface area contributed by atoms with Gasteiger partial charge < -0.3 is 10.0 Å². The highest BCUT2D eigenvalue weighted by molar-refractivity contribution is 6.10. The van der Waals surface area contributed by atoms with Gasteiger partial charge in [0.05, 0.1) is 23.6 Å². The maximum absolute atomic E-state index is 13.3. The summed E-state index contributed by atoms with van der Waals surface area (Å²) in [5, 5.41) is 22.2. The van der Waals surface area contributed by atoms with Crippen molar-refractivity contribution in [3.8, 4) is 0 Å². The quantitative estimate of drug-likeness (QED) is 0.373. The molecule has 0 aromatic heterocycles. The first-order valence-electron chi connectivity index (χ1n) is 9.76. The highest BCUT2D eigenvalue weighted by Crippen LogP contribution is 2.43. The molecule has 1 aliphatic rings. The van der Waals surface area contributed by atoms with E-state index < -0.39 is 28.6 Å². The maximum atomic E-state index is 13.3. The van der Waals surface area contributed by atoms with Crippen LogP contribution in [0.15, 0.2) is 72.8 Å². The van der Waals surface area contributed by atoms with E-state index in [4.69, 9.17) is 0 Å². The number of hydrogen-bond donors (Lipinski definition) is 1. The van der Waals surface area contributed by atoms with Crippen LogP contribution in [-0.2, 0) is 16.9 Å². The van der Waals surface area contributed by atoms with Gasteiger partial charge in [0.25, 0.3) is 11.6 Å². The van der Waals surface area contributed by atoms with E-state index in [-0.39, 0.29) is 17.8 Å². The number of aliphatic hydroxyl groups is 1. The number of ketones is 1. The number of carbonyl (C=O) groups is 2. The Morgan fingerprint density at radius 2 is 1.77 bits per heavy atom. The average Bonchev–Trinajstić information content (AvgIpc) is 2.96. The van der Waals surface area contributed by atoms with Crippen LogP contribution < -0.4 is 4.90 Å². The van der Waals surface area contributed by atoms with E-state index in [9.17, 15) is 24.8 Å². The molecule has 1 atom stereocenters. The van der Waals surface area contributed by atoms with Gasteiger partial charge in [-0.05, 0) is 30.7 Å². The number of nitrogens with zero attached hydrogens (tertiary/aromatic N) is 2. The molecule has 0 fully saturated rings. The topological polar surface area (TPSA) is 101 Å². The molecule has 0 spiro atoms. The SMILES string of the molecule is Cc1cccc(CN2C(=O)C(O)(CC(=O)c3ccc([N+](=O)[O-])cc3)c3ccccc32)c1. The number of hydrogen-bond acceptors (Lipinski definition) is 5. The zero-order chi connectivity index (χ0) is 22.2. The molecule has 0 saturated heterocycles. The molecule has 1 heterocycles. The van der Waals surface area contributed by atoms with Crippen LogP contribution in [-0.4, -0.2) is 21.7 Å². The number of Topliss-reactive ketones (excluding diaryl/α,β-unsaturated/α-hetero) is 1. The number of nitro groups is 1. The van der Waals surface area contributed by atoms with Crippen LogP contribution in [0.1, 0.15) is 33.5 Å². The van der Waals surface area contributed by atoms with Crippen molar-refractivity contribution in [1.29, 1.82) is 0 Å². The summed E-state index contributed by atoms with van der Waals surface area (Å²) in [6.45, 7) is 2.23. The number of carbonyl (C=O) groups excluding carboxylic acids is 2.